The molecule has 1 fully saturated rings. The Labute approximate surface area is 111 Å². The minimum Gasteiger partial charge on any atom is -0.339 e. The van der Waals surface area contributed by atoms with E-state index >= 15 is 0 Å². The van der Waals surface area contributed by atoms with Crippen molar-refractivity contribution in [3.63, 3.8) is 0 Å². The van der Waals surface area contributed by atoms with Crippen molar-refractivity contribution in [3.8, 4) is 0 Å². The van der Waals surface area contributed by atoms with Crippen LogP contribution in [0.4, 0.5) is 0 Å². The molecule has 1 aliphatic rings. The zero-order chi connectivity index (χ0) is 13.4. The van der Waals surface area contributed by atoms with Crippen LogP contribution in [0.15, 0.2) is 24.3 Å². The van der Waals surface area contributed by atoms with Crippen LogP contribution in [0.25, 0.3) is 0 Å². The van der Waals surface area contributed by atoms with Gasteiger partial charge in [-0.25, -0.2) is 0 Å². The topological polar surface area (TPSA) is 20.3 Å². The minimum atomic E-state index is 0.186. The van der Waals surface area contributed by atoms with Crippen LogP contribution in [-0.4, -0.2) is 23.9 Å². The maximum atomic E-state index is 11.9. The molecule has 2 rings (SSSR count). The molecule has 100 valence electrons. The van der Waals surface area contributed by atoms with E-state index < -0.39 is 0 Å². The van der Waals surface area contributed by atoms with Gasteiger partial charge in [-0.3, -0.25) is 4.79 Å². The van der Waals surface area contributed by atoms with Crippen LogP contribution >= 0.6 is 0 Å². The molecule has 0 aliphatic carbocycles. The molecule has 0 unspecified atom stereocenters. The molecular formula is C16H25NO. The fourth-order valence-corrected chi connectivity index (χ4v) is 1.88. The van der Waals surface area contributed by atoms with E-state index in [4.69, 9.17) is 0 Å². The van der Waals surface area contributed by atoms with Gasteiger partial charge in [0.2, 0.25) is 0 Å². The summed E-state index contributed by atoms with van der Waals surface area (Å²) in [6.45, 7) is 8.22. The van der Waals surface area contributed by atoms with Gasteiger partial charge in [0.05, 0.1) is 0 Å². The monoisotopic (exact) mass is 247 g/mol. The Morgan fingerprint density at radius 1 is 1.17 bits per heavy atom. The third kappa shape index (κ3) is 4.52. The average molecular weight is 247 g/mol. The standard InChI is InChI=1S/C12H15NO.C4H10/c1-10-5-4-6-11(9-10)12(14)13-7-2-3-8-13;1-3-4-2/h4-6,9H,2-3,7-8H2,1H3;3-4H2,1-2H3. The second-order valence-corrected chi connectivity index (χ2v) is 4.87. The normalized spacial score (nSPS) is 14.1. The van der Waals surface area contributed by atoms with Crippen molar-refractivity contribution in [1.29, 1.82) is 0 Å². The van der Waals surface area contributed by atoms with Gasteiger partial charge in [-0.05, 0) is 31.9 Å². The van der Waals surface area contributed by atoms with E-state index in [1.54, 1.807) is 0 Å². The van der Waals surface area contributed by atoms with Crippen molar-refractivity contribution in [2.24, 2.45) is 0 Å². The molecule has 0 atom stereocenters. The maximum absolute atomic E-state index is 11.9. The SMILES string of the molecule is CCCC.Cc1cccc(C(=O)N2CCCC2)c1. The summed E-state index contributed by atoms with van der Waals surface area (Å²) in [5.74, 6) is 0.186. The van der Waals surface area contributed by atoms with E-state index in [-0.39, 0.29) is 5.91 Å². The largest absolute Gasteiger partial charge is 0.339 e. The molecule has 0 aromatic heterocycles. The Kier molecular flexibility index (Phi) is 6.48. The molecule has 1 aromatic carbocycles. The van der Waals surface area contributed by atoms with Gasteiger partial charge in [-0.1, -0.05) is 44.4 Å². The highest BCUT2D eigenvalue weighted by Gasteiger charge is 2.18. The number of benzene rings is 1. The molecule has 1 heterocycles. The van der Waals surface area contributed by atoms with Gasteiger partial charge in [0.15, 0.2) is 0 Å². The average Bonchev–Trinajstić information content (AvgIpc) is 2.92. The van der Waals surface area contributed by atoms with Gasteiger partial charge in [0.25, 0.3) is 5.91 Å². The van der Waals surface area contributed by atoms with E-state index in [1.165, 1.54) is 12.8 Å². The highest BCUT2D eigenvalue weighted by atomic mass is 16.2. The molecule has 2 nitrogen and oxygen atoms in total. The summed E-state index contributed by atoms with van der Waals surface area (Å²) in [5.41, 5.74) is 1.97. The number of amides is 1. The van der Waals surface area contributed by atoms with Crippen LogP contribution in [0, 0.1) is 6.92 Å². The Hall–Kier alpha value is -1.31. The molecule has 0 radical (unpaired) electrons. The number of aryl methyl sites for hydroxylation is 1. The lowest BCUT2D eigenvalue weighted by atomic mass is 10.1. The van der Waals surface area contributed by atoms with Gasteiger partial charge < -0.3 is 4.90 Å². The summed E-state index contributed by atoms with van der Waals surface area (Å²) in [6, 6.07) is 7.81. The molecule has 1 aromatic rings. The second kappa shape index (κ2) is 7.91. The lowest BCUT2D eigenvalue weighted by Gasteiger charge is -2.15. The summed E-state index contributed by atoms with van der Waals surface area (Å²) in [5, 5.41) is 0. The van der Waals surface area contributed by atoms with Gasteiger partial charge in [-0.15, -0.1) is 0 Å². The van der Waals surface area contributed by atoms with Crippen molar-refractivity contribution >= 4 is 5.91 Å². The fraction of sp³-hybridized carbons (Fsp3) is 0.562. The smallest absolute Gasteiger partial charge is 0.253 e. The van der Waals surface area contributed by atoms with E-state index in [1.807, 2.05) is 36.1 Å². The fourth-order valence-electron chi connectivity index (χ4n) is 1.88. The first kappa shape index (κ1) is 14.7. The molecule has 0 bridgehead atoms. The maximum Gasteiger partial charge on any atom is 0.253 e. The quantitative estimate of drug-likeness (QED) is 0.772. The molecule has 0 spiro atoms. The Morgan fingerprint density at radius 2 is 1.78 bits per heavy atom. The van der Waals surface area contributed by atoms with Gasteiger partial charge >= 0.3 is 0 Å². The minimum absolute atomic E-state index is 0.186. The second-order valence-electron chi connectivity index (χ2n) is 4.87. The summed E-state index contributed by atoms with van der Waals surface area (Å²) in [6.07, 6.45) is 4.94. The number of hydrogen-bond donors (Lipinski definition) is 0. The van der Waals surface area contributed by atoms with Crippen LogP contribution in [0.2, 0.25) is 0 Å². The number of likely N-dealkylation sites (tertiary alicyclic amines) is 1. The van der Waals surface area contributed by atoms with E-state index in [0.29, 0.717) is 0 Å². The molecule has 1 saturated heterocycles. The summed E-state index contributed by atoms with van der Waals surface area (Å²) < 4.78 is 0. The van der Waals surface area contributed by atoms with E-state index in [0.717, 1.165) is 37.1 Å². The molecular weight excluding hydrogens is 222 g/mol. The molecule has 1 aliphatic heterocycles. The predicted molar refractivity (Wildman–Crippen MR) is 76.9 cm³/mol. The number of unbranched alkanes of at least 4 members (excludes halogenated alkanes) is 1. The van der Waals surface area contributed by atoms with Crippen molar-refractivity contribution in [2.75, 3.05) is 13.1 Å². The Bertz CT molecular complexity index is 365. The number of hydrogen-bond acceptors (Lipinski definition) is 1. The summed E-state index contributed by atoms with van der Waals surface area (Å²) >= 11 is 0. The van der Waals surface area contributed by atoms with Gasteiger partial charge in [-0.2, -0.15) is 0 Å². The molecule has 18 heavy (non-hydrogen) atoms. The van der Waals surface area contributed by atoms with Crippen LogP contribution in [0.1, 0.15) is 55.5 Å². The molecule has 2 heteroatoms. The first-order valence-electron chi connectivity index (χ1n) is 7.05. The number of rotatable bonds is 2. The first-order chi connectivity index (χ1) is 8.69. The van der Waals surface area contributed by atoms with Gasteiger partial charge in [0, 0.05) is 18.7 Å². The lowest BCUT2D eigenvalue weighted by molar-refractivity contribution is 0.0792. The summed E-state index contributed by atoms with van der Waals surface area (Å²) in [4.78, 5) is 13.9. The third-order valence-corrected chi connectivity index (χ3v) is 3.16. The highest BCUT2D eigenvalue weighted by Crippen LogP contribution is 2.13. The highest BCUT2D eigenvalue weighted by molar-refractivity contribution is 5.94. The lowest BCUT2D eigenvalue weighted by Crippen LogP contribution is -2.27. The molecule has 0 N–H and O–H groups in total. The summed E-state index contributed by atoms with van der Waals surface area (Å²) in [7, 11) is 0. The van der Waals surface area contributed by atoms with Crippen LogP contribution < -0.4 is 0 Å². The van der Waals surface area contributed by atoms with Crippen molar-refractivity contribution in [3.05, 3.63) is 35.4 Å². The molecule has 1 amide bonds. The van der Waals surface area contributed by atoms with Crippen LogP contribution in [0.3, 0.4) is 0 Å². The van der Waals surface area contributed by atoms with Crippen LogP contribution in [0.5, 0.6) is 0 Å². The van der Waals surface area contributed by atoms with Gasteiger partial charge in [0.1, 0.15) is 0 Å². The van der Waals surface area contributed by atoms with Crippen molar-refractivity contribution < 1.29 is 4.79 Å². The van der Waals surface area contributed by atoms with E-state index in [2.05, 4.69) is 13.8 Å². The van der Waals surface area contributed by atoms with Crippen molar-refractivity contribution in [2.45, 2.75) is 46.5 Å². The first-order valence-corrected chi connectivity index (χ1v) is 7.05. The number of carbonyl (C=O) groups excluding carboxylic acids is 1. The Balaban J connectivity index is 0.000000357. The van der Waals surface area contributed by atoms with Crippen molar-refractivity contribution in [1.82, 2.24) is 4.90 Å². The zero-order valence-electron chi connectivity index (χ0n) is 11.9. The Morgan fingerprint density at radius 3 is 2.28 bits per heavy atom. The van der Waals surface area contributed by atoms with Crippen LogP contribution in [-0.2, 0) is 0 Å². The van der Waals surface area contributed by atoms with E-state index in [9.17, 15) is 4.79 Å². The number of carbonyl (C=O) groups is 1. The number of nitrogens with zero attached hydrogens (tertiary/aromatic N) is 1. The predicted octanol–water partition coefficient (Wildman–Crippen LogP) is 4.04. The zero-order valence-corrected chi connectivity index (χ0v) is 11.9. The third-order valence-electron chi connectivity index (χ3n) is 3.16. The molecule has 0 saturated carbocycles.